The van der Waals surface area contributed by atoms with Gasteiger partial charge in [0.15, 0.2) is 0 Å². The molecular formula is C46H56N10O7S. The fourth-order valence-corrected chi connectivity index (χ4v) is 9.23. The summed E-state index contributed by atoms with van der Waals surface area (Å²) in [4.78, 5) is 64.1. The van der Waals surface area contributed by atoms with Crippen LogP contribution in [0, 0.1) is 12.8 Å². The molecule has 1 unspecified atom stereocenters. The molecule has 64 heavy (non-hydrogen) atoms. The van der Waals surface area contributed by atoms with Crippen LogP contribution >= 0.6 is 0 Å². The number of nitrogens with one attached hydrogen (secondary N) is 4. The molecule has 5 heterocycles. The van der Waals surface area contributed by atoms with Gasteiger partial charge in [-0.1, -0.05) is 6.07 Å². The number of hydrogen-bond donors (Lipinski definition) is 4. The average molecular weight is 901 g/mol. The fourth-order valence-electron chi connectivity index (χ4n) is 7.77. The molecule has 0 bridgehead atoms. The van der Waals surface area contributed by atoms with Crippen LogP contribution in [-0.2, 0) is 19.6 Å². The summed E-state index contributed by atoms with van der Waals surface area (Å²) < 4.78 is 107. The van der Waals surface area contributed by atoms with Gasteiger partial charge in [-0.25, -0.2) is 18.1 Å². The van der Waals surface area contributed by atoms with Crippen LogP contribution in [0.4, 0.5) is 28.8 Å². The molecule has 0 aliphatic carbocycles. The normalized spacial score (nSPS) is 24.2. The van der Waals surface area contributed by atoms with E-state index in [1.807, 2.05) is 19.1 Å². The number of imide groups is 2. The SMILES string of the molecule is [2H]C1([2H])N(CC2CCN(CCOc3ccc(Nc4ncc(C)c(Nc5cccc(S(=O)(=O)NC(C)(C)C)c5)n4)cc3)CC2)C([2H])([2H])C([2H])([2H])N(c2ccc3c(c2)C(=O)N(C2CCC(=O)NC2=O)C3=O)C1([2H])[2H]. The van der Waals surface area contributed by atoms with Gasteiger partial charge < -0.3 is 20.3 Å². The zero-order valence-corrected chi connectivity index (χ0v) is 36.7. The highest BCUT2D eigenvalue weighted by Crippen LogP contribution is 2.32. The van der Waals surface area contributed by atoms with Crippen molar-refractivity contribution in [2.24, 2.45) is 5.92 Å². The number of sulfonamides is 1. The lowest BCUT2D eigenvalue weighted by molar-refractivity contribution is -0.136. The topological polar surface area (TPSA) is 199 Å². The lowest BCUT2D eigenvalue weighted by Gasteiger charge is -2.39. The molecule has 3 saturated heterocycles. The Morgan fingerprint density at radius 2 is 1.59 bits per heavy atom. The van der Waals surface area contributed by atoms with Gasteiger partial charge in [0.2, 0.25) is 27.8 Å². The number of hydrogen-bond acceptors (Lipinski definition) is 14. The Morgan fingerprint density at radius 1 is 0.859 bits per heavy atom. The largest absolute Gasteiger partial charge is 0.492 e. The number of anilines is 5. The second-order valence-electron chi connectivity index (χ2n) is 17.1. The highest BCUT2D eigenvalue weighted by atomic mass is 32.2. The van der Waals surface area contributed by atoms with Crippen LogP contribution in [0.2, 0.25) is 0 Å². The Bertz CT molecular complexity index is 2870. The van der Waals surface area contributed by atoms with Gasteiger partial charge in [-0.05, 0) is 127 Å². The number of ether oxygens (including phenoxy) is 1. The van der Waals surface area contributed by atoms with Crippen molar-refractivity contribution in [2.45, 2.75) is 69.9 Å². The van der Waals surface area contributed by atoms with Crippen molar-refractivity contribution in [2.75, 3.05) is 74.3 Å². The molecule has 3 fully saturated rings. The van der Waals surface area contributed by atoms with E-state index in [9.17, 15) is 27.6 Å². The minimum atomic E-state index is -3.76. The fraction of sp³-hybridized carbons (Fsp3) is 0.435. The Hall–Kier alpha value is -5.95. The molecule has 4 aliphatic heterocycles. The Kier molecular flexibility index (Phi) is 10.3. The third-order valence-electron chi connectivity index (χ3n) is 11.0. The van der Waals surface area contributed by atoms with Crippen LogP contribution in [0.5, 0.6) is 5.75 Å². The van der Waals surface area contributed by atoms with Crippen LogP contribution < -0.4 is 30.3 Å². The number of carbonyl (C=O) groups is 4. The molecule has 4 aliphatic rings. The summed E-state index contributed by atoms with van der Waals surface area (Å²) in [6.07, 6.45) is 2.41. The highest BCUT2D eigenvalue weighted by molar-refractivity contribution is 7.89. The lowest BCUT2D eigenvalue weighted by Crippen LogP contribution is -2.54. The third kappa shape index (κ3) is 10.5. The number of likely N-dealkylation sites (tertiary alicyclic amines) is 1. The first kappa shape index (κ1) is 35.4. The maximum atomic E-state index is 13.6. The Balaban J connectivity index is 0.839. The summed E-state index contributed by atoms with van der Waals surface area (Å²) in [6, 6.07) is 15.6. The molecular weight excluding hydrogens is 837 g/mol. The quantitative estimate of drug-likeness (QED) is 0.128. The van der Waals surface area contributed by atoms with E-state index in [-0.39, 0.29) is 41.3 Å². The number of benzene rings is 3. The molecule has 4 N–H and O–H groups in total. The highest BCUT2D eigenvalue weighted by Gasteiger charge is 2.45. The van der Waals surface area contributed by atoms with E-state index in [2.05, 4.69) is 35.5 Å². The van der Waals surface area contributed by atoms with Gasteiger partial charge in [-0.15, -0.1) is 0 Å². The number of rotatable bonds is 14. The minimum Gasteiger partial charge on any atom is -0.492 e. The van der Waals surface area contributed by atoms with E-state index in [4.69, 9.17) is 15.7 Å². The Morgan fingerprint density at radius 3 is 2.31 bits per heavy atom. The summed E-state index contributed by atoms with van der Waals surface area (Å²) in [6.45, 7) is -3.85. The molecule has 4 aromatic rings. The van der Waals surface area contributed by atoms with Crippen molar-refractivity contribution in [3.8, 4) is 5.75 Å². The van der Waals surface area contributed by atoms with Crippen molar-refractivity contribution in [1.29, 1.82) is 0 Å². The van der Waals surface area contributed by atoms with Crippen molar-refractivity contribution >= 4 is 62.5 Å². The zero-order chi connectivity index (χ0) is 52.3. The van der Waals surface area contributed by atoms with Crippen LogP contribution in [0.3, 0.4) is 0 Å². The second-order valence-corrected chi connectivity index (χ2v) is 18.8. The second kappa shape index (κ2) is 18.6. The predicted molar refractivity (Wildman–Crippen MR) is 243 cm³/mol. The molecule has 8 rings (SSSR count). The van der Waals surface area contributed by atoms with Gasteiger partial charge in [0.05, 0.1) is 21.5 Å². The van der Waals surface area contributed by atoms with Gasteiger partial charge in [0.1, 0.15) is 24.2 Å². The van der Waals surface area contributed by atoms with Crippen molar-refractivity contribution in [1.82, 2.24) is 34.7 Å². The standard InChI is InChI=1S/C46H56N10O7S/c1-30-28-47-45(51-41(30)48-33-6-5-7-36(26-33)64(61,62)52-46(2,3)4)49-32-8-11-35(12-9-32)63-25-24-53-18-16-31(17-19-53)29-54-20-22-55(23-21-54)34-10-13-37-38(27-34)44(60)56(43(37)59)39-14-15-40(57)50-42(39)58/h5-13,26-28,31,39,52H,14-25,29H2,1-4H3,(H,50,57,58)(H2,47,48,49,51)/i20D2,21D2,22D2,23D2. The maximum Gasteiger partial charge on any atom is 0.262 e. The zero-order valence-electron chi connectivity index (χ0n) is 43.9. The van der Waals surface area contributed by atoms with Crippen LogP contribution in [0.1, 0.15) is 83.7 Å². The van der Waals surface area contributed by atoms with Crippen LogP contribution in [0.25, 0.3) is 0 Å². The molecule has 0 spiro atoms. The predicted octanol–water partition coefficient (Wildman–Crippen LogP) is 4.66. The summed E-state index contributed by atoms with van der Waals surface area (Å²) >= 11 is 0. The van der Waals surface area contributed by atoms with E-state index in [1.54, 1.807) is 51.2 Å². The first-order valence-corrected chi connectivity index (χ1v) is 22.5. The molecule has 1 aromatic heterocycles. The van der Waals surface area contributed by atoms with Gasteiger partial charge in [-0.3, -0.25) is 39.2 Å². The van der Waals surface area contributed by atoms with Gasteiger partial charge in [-0.2, -0.15) is 4.98 Å². The van der Waals surface area contributed by atoms with Crippen LogP contribution in [-0.4, -0.2) is 127 Å². The van der Waals surface area contributed by atoms with E-state index in [1.165, 1.54) is 12.1 Å². The molecule has 338 valence electrons. The third-order valence-corrected chi connectivity index (χ3v) is 12.8. The number of aryl methyl sites for hydroxylation is 1. The summed E-state index contributed by atoms with van der Waals surface area (Å²) in [5.74, 6) is -2.09. The van der Waals surface area contributed by atoms with Gasteiger partial charge >= 0.3 is 0 Å². The monoisotopic (exact) mass is 900 g/mol. The number of amides is 4. The maximum absolute atomic E-state index is 13.6. The summed E-state index contributed by atoms with van der Waals surface area (Å²) in [5, 5.41) is 8.47. The molecule has 0 radical (unpaired) electrons. The van der Waals surface area contributed by atoms with E-state index >= 15 is 0 Å². The smallest absolute Gasteiger partial charge is 0.262 e. The number of piperidine rings is 2. The number of carbonyl (C=O) groups excluding carboxylic acids is 4. The van der Waals surface area contributed by atoms with E-state index < -0.39 is 76.9 Å². The van der Waals surface area contributed by atoms with Gasteiger partial charge in [0.25, 0.3) is 11.8 Å². The van der Waals surface area contributed by atoms with Crippen molar-refractivity contribution in [3.63, 3.8) is 0 Å². The number of nitrogens with zero attached hydrogens (tertiary/aromatic N) is 6. The molecule has 3 aromatic carbocycles. The molecule has 1 atom stereocenters. The summed E-state index contributed by atoms with van der Waals surface area (Å²) in [5.41, 5.74) is 0.455. The number of piperazine rings is 1. The van der Waals surface area contributed by atoms with Crippen molar-refractivity contribution in [3.05, 3.63) is 89.6 Å². The summed E-state index contributed by atoms with van der Waals surface area (Å²) in [7, 11) is -3.76. The minimum absolute atomic E-state index is 0.108. The van der Waals surface area contributed by atoms with Crippen LogP contribution in [0.15, 0.2) is 77.8 Å². The number of aromatic nitrogens is 2. The van der Waals surface area contributed by atoms with Crippen molar-refractivity contribution < 1.29 is 43.3 Å². The molecule has 4 amide bonds. The molecule has 17 nitrogen and oxygen atoms in total. The van der Waals surface area contributed by atoms with E-state index in [0.717, 1.165) is 23.8 Å². The average Bonchev–Trinajstić information content (AvgIpc) is 3.53. The molecule has 18 heteroatoms. The first-order valence-electron chi connectivity index (χ1n) is 25.0. The Labute approximate surface area is 385 Å². The number of fused-ring (bicyclic) bond motifs is 1. The lowest BCUT2D eigenvalue weighted by atomic mass is 9.96. The van der Waals surface area contributed by atoms with E-state index in [0.29, 0.717) is 82.7 Å². The van der Waals surface area contributed by atoms with Gasteiger partial charge in [0, 0.05) is 85.3 Å². The molecule has 0 saturated carbocycles. The first-order chi connectivity index (χ1) is 33.6.